The van der Waals surface area contributed by atoms with E-state index in [1.54, 1.807) is 0 Å². The summed E-state index contributed by atoms with van der Waals surface area (Å²) in [6.45, 7) is 15.7. The van der Waals surface area contributed by atoms with Gasteiger partial charge in [-0.15, -0.1) is 5.54 Å². The lowest BCUT2D eigenvalue weighted by atomic mass is 10.5. The fraction of sp³-hybridized carbons (Fsp3) is 0.846. The van der Waals surface area contributed by atoms with Crippen molar-refractivity contribution in [2.45, 2.75) is 72.1 Å². The molecule has 0 amide bonds. The van der Waals surface area contributed by atoms with E-state index in [1.165, 1.54) is 0 Å². The van der Waals surface area contributed by atoms with Crippen LogP contribution in [-0.2, 0) is 13.6 Å². The summed E-state index contributed by atoms with van der Waals surface area (Å²) in [7, 11) is -4.63. The van der Waals surface area contributed by atoms with Crippen LogP contribution in [0.5, 0.6) is 0 Å². The maximum Gasteiger partial charge on any atom is 0.345 e. The predicted molar refractivity (Wildman–Crippen MR) is 80.6 cm³/mol. The van der Waals surface area contributed by atoms with Gasteiger partial charge in [0, 0.05) is 0 Å². The van der Waals surface area contributed by atoms with Gasteiger partial charge in [-0.05, 0) is 34.6 Å². The molecular weight excluding hydrogens is 263 g/mol. The Bertz CT molecular complexity index is 347. The van der Waals surface area contributed by atoms with Crippen LogP contribution in [0.3, 0.4) is 0 Å². The van der Waals surface area contributed by atoms with E-state index >= 15 is 0 Å². The van der Waals surface area contributed by atoms with Crippen LogP contribution in [0.4, 0.5) is 0 Å². The van der Waals surface area contributed by atoms with Gasteiger partial charge >= 0.3 is 7.60 Å². The highest BCUT2D eigenvalue weighted by molar-refractivity contribution is 7.55. The fourth-order valence-electron chi connectivity index (χ4n) is 1.20. The zero-order valence-electron chi connectivity index (χ0n) is 12.9. The first-order chi connectivity index (χ1) is 7.96. The van der Waals surface area contributed by atoms with Gasteiger partial charge in [0.2, 0.25) is 0 Å². The van der Waals surface area contributed by atoms with Crippen LogP contribution < -0.4 is 0 Å². The smallest absolute Gasteiger partial charge is 0.305 e. The lowest BCUT2D eigenvalue weighted by Gasteiger charge is -2.25. The highest BCUT2D eigenvalue weighted by atomic mass is 31.2. The molecule has 0 aromatic heterocycles. The van der Waals surface area contributed by atoms with Crippen LogP contribution in [0.15, 0.2) is 0 Å². The van der Waals surface area contributed by atoms with Crippen molar-refractivity contribution in [3.05, 3.63) is 0 Å². The van der Waals surface area contributed by atoms with Gasteiger partial charge in [-0.2, -0.15) is 0 Å². The summed E-state index contributed by atoms with van der Waals surface area (Å²) in [6.07, 6.45) is -0.267. The van der Waals surface area contributed by atoms with Crippen LogP contribution in [0.25, 0.3) is 0 Å². The summed E-state index contributed by atoms with van der Waals surface area (Å²) in [5, 5.41) is 0. The van der Waals surface area contributed by atoms with Crippen LogP contribution >= 0.6 is 7.60 Å². The standard InChI is InChI=1S/C13H27O3PSi/c1-11(2)15-17(14,16-12(3)4)13(5)9-10-18(6,7)8/h11-13H,1-8H3. The molecule has 0 bridgehead atoms. The molecule has 0 fully saturated rings. The molecule has 106 valence electrons. The monoisotopic (exact) mass is 290 g/mol. The number of hydrogen-bond acceptors (Lipinski definition) is 3. The lowest BCUT2D eigenvalue weighted by Crippen LogP contribution is -2.19. The van der Waals surface area contributed by atoms with Crippen molar-refractivity contribution in [2.75, 3.05) is 0 Å². The quantitative estimate of drug-likeness (QED) is 0.430. The van der Waals surface area contributed by atoms with Gasteiger partial charge in [0.05, 0.1) is 12.2 Å². The normalized spacial score (nSPS) is 14.6. The second-order valence-electron chi connectivity index (χ2n) is 6.04. The fourth-order valence-corrected chi connectivity index (χ4v) is 3.78. The molecule has 0 saturated carbocycles. The SMILES string of the molecule is CC(C)OP(=O)(OC(C)C)C(C)C#C[Si](C)(C)C. The Kier molecular flexibility index (Phi) is 6.88. The van der Waals surface area contributed by atoms with E-state index in [2.05, 4.69) is 31.1 Å². The Morgan fingerprint density at radius 2 is 1.33 bits per heavy atom. The molecule has 0 aliphatic heterocycles. The first-order valence-corrected chi connectivity index (χ1v) is 11.6. The van der Waals surface area contributed by atoms with E-state index in [1.807, 2.05) is 34.6 Å². The largest absolute Gasteiger partial charge is 0.345 e. The zero-order valence-corrected chi connectivity index (χ0v) is 14.8. The van der Waals surface area contributed by atoms with Crippen molar-refractivity contribution in [3.8, 4) is 11.5 Å². The molecule has 0 saturated heterocycles. The van der Waals surface area contributed by atoms with Gasteiger partial charge in [-0.1, -0.05) is 25.6 Å². The molecule has 0 N–H and O–H groups in total. The van der Waals surface area contributed by atoms with Gasteiger partial charge in [-0.3, -0.25) is 4.57 Å². The maximum atomic E-state index is 12.7. The first-order valence-electron chi connectivity index (χ1n) is 6.45. The zero-order chi connectivity index (χ0) is 14.6. The molecule has 0 rings (SSSR count). The highest BCUT2D eigenvalue weighted by Crippen LogP contribution is 2.54. The molecule has 1 unspecified atom stereocenters. The molecule has 3 nitrogen and oxygen atoms in total. The Hall–Kier alpha value is -0.0731. The predicted octanol–water partition coefficient (Wildman–Crippen LogP) is 4.30. The van der Waals surface area contributed by atoms with E-state index in [0.29, 0.717) is 0 Å². The molecule has 0 aliphatic carbocycles. The van der Waals surface area contributed by atoms with Crippen LogP contribution in [0.1, 0.15) is 34.6 Å². The molecule has 18 heavy (non-hydrogen) atoms. The van der Waals surface area contributed by atoms with Crippen molar-refractivity contribution in [1.29, 1.82) is 0 Å². The summed E-state index contributed by atoms with van der Waals surface area (Å²) in [5.41, 5.74) is 2.85. The summed E-state index contributed by atoms with van der Waals surface area (Å²) in [6, 6.07) is 0. The van der Waals surface area contributed by atoms with Crippen molar-refractivity contribution in [1.82, 2.24) is 0 Å². The minimum Gasteiger partial charge on any atom is -0.305 e. The van der Waals surface area contributed by atoms with E-state index in [4.69, 9.17) is 9.05 Å². The maximum absolute atomic E-state index is 12.7. The first kappa shape index (κ1) is 17.9. The molecule has 0 aromatic carbocycles. The van der Waals surface area contributed by atoms with Gasteiger partial charge < -0.3 is 9.05 Å². The average molecular weight is 290 g/mol. The van der Waals surface area contributed by atoms with Crippen molar-refractivity contribution < 1.29 is 13.6 Å². The van der Waals surface area contributed by atoms with E-state index in [0.717, 1.165) is 0 Å². The van der Waals surface area contributed by atoms with Gasteiger partial charge in [-0.25, -0.2) is 0 Å². The second-order valence-corrected chi connectivity index (χ2v) is 13.1. The minimum absolute atomic E-state index is 0.134. The Labute approximate surface area is 113 Å². The lowest BCUT2D eigenvalue weighted by molar-refractivity contribution is 0.140. The third-order valence-electron chi connectivity index (χ3n) is 1.85. The Morgan fingerprint density at radius 1 is 0.944 bits per heavy atom. The summed E-state index contributed by atoms with van der Waals surface area (Å²) >= 11 is 0. The van der Waals surface area contributed by atoms with E-state index < -0.39 is 15.7 Å². The van der Waals surface area contributed by atoms with Gasteiger partial charge in [0.25, 0.3) is 0 Å². The van der Waals surface area contributed by atoms with E-state index in [-0.39, 0.29) is 17.9 Å². The van der Waals surface area contributed by atoms with Gasteiger partial charge in [0.15, 0.2) is 0 Å². The highest BCUT2D eigenvalue weighted by Gasteiger charge is 2.34. The Balaban J connectivity index is 5.07. The topological polar surface area (TPSA) is 35.5 Å². The van der Waals surface area contributed by atoms with Crippen molar-refractivity contribution in [2.24, 2.45) is 0 Å². The van der Waals surface area contributed by atoms with Gasteiger partial charge in [0.1, 0.15) is 13.7 Å². The molecule has 0 heterocycles. The molecule has 0 aliphatic rings. The molecular formula is C13H27O3PSi. The molecule has 5 heteroatoms. The van der Waals surface area contributed by atoms with Crippen molar-refractivity contribution in [3.63, 3.8) is 0 Å². The third kappa shape index (κ3) is 7.38. The van der Waals surface area contributed by atoms with Crippen LogP contribution in [0, 0.1) is 11.5 Å². The number of rotatable bonds is 5. The molecule has 0 radical (unpaired) electrons. The number of hydrogen-bond donors (Lipinski definition) is 0. The third-order valence-corrected chi connectivity index (χ3v) is 5.25. The average Bonchev–Trinajstić information content (AvgIpc) is 2.09. The molecule has 0 spiro atoms. The summed E-state index contributed by atoms with van der Waals surface area (Å²) in [4.78, 5) is 0. The second kappa shape index (κ2) is 6.91. The molecule has 1 atom stereocenters. The van der Waals surface area contributed by atoms with Crippen LogP contribution in [0.2, 0.25) is 19.6 Å². The molecule has 0 aromatic rings. The summed E-state index contributed by atoms with van der Waals surface area (Å²) < 4.78 is 23.8. The summed E-state index contributed by atoms with van der Waals surface area (Å²) in [5.74, 6) is 3.07. The van der Waals surface area contributed by atoms with Crippen LogP contribution in [-0.4, -0.2) is 25.9 Å². The van der Waals surface area contributed by atoms with E-state index in [9.17, 15) is 4.57 Å². The minimum atomic E-state index is -3.16. The Morgan fingerprint density at radius 3 is 1.61 bits per heavy atom. The van der Waals surface area contributed by atoms with Crippen molar-refractivity contribution >= 4 is 15.7 Å².